The number of rotatable bonds is 3. The van der Waals surface area contributed by atoms with Gasteiger partial charge in [0.05, 0.1) is 11.1 Å². The minimum atomic E-state index is -1.27. The van der Waals surface area contributed by atoms with Crippen molar-refractivity contribution in [3.8, 4) is 16.9 Å². The van der Waals surface area contributed by atoms with Gasteiger partial charge in [-0.15, -0.1) is 0 Å². The van der Waals surface area contributed by atoms with Crippen LogP contribution in [0.2, 0.25) is 0 Å². The highest BCUT2D eigenvalue weighted by Gasteiger charge is 2.25. The molecule has 0 saturated carbocycles. The first-order valence-electron chi connectivity index (χ1n) is 11.0. The topological polar surface area (TPSA) is 125 Å². The molecule has 6 rings (SSSR count). The van der Waals surface area contributed by atoms with E-state index in [1.54, 1.807) is 42.5 Å². The number of carboxylic acid groups (broad SMARTS) is 2. The molecule has 6 aromatic rings. The minimum Gasteiger partial charge on any atom is -0.508 e. The number of phenols is 1. The summed E-state index contributed by atoms with van der Waals surface area (Å²) < 4.78 is 6.44. The first kappa shape index (κ1) is 21.4. The second kappa shape index (κ2) is 7.68. The van der Waals surface area contributed by atoms with E-state index in [0.717, 1.165) is 0 Å². The second-order valence-electron chi connectivity index (χ2n) is 8.49. The van der Waals surface area contributed by atoms with Gasteiger partial charge in [0.25, 0.3) is 0 Å². The van der Waals surface area contributed by atoms with E-state index in [0.29, 0.717) is 49.0 Å². The van der Waals surface area contributed by atoms with Crippen LogP contribution in [-0.4, -0.2) is 27.3 Å². The van der Waals surface area contributed by atoms with E-state index >= 15 is 0 Å². The fraction of sp³-hybridized carbons (Fsp3) is 0. The first-order valence-corrected chi connectivity index (χ1v) is 11.0. The van der Waals surface area contributed by atoms with Crippen molar-refractivity contribution >= 4 is 55.4 Å². The number of hydrogen-bond donors (Lipinski definition) is 3. The molecule has 0 saturated heterocycles. The van der Waals surface area contributed by atoms with Crippen LogP contribution in [0.15, 0.2) is 88.1 Å². The van der Waals surface area contributed by atoms with Crippen molar-refractivity contribution in [3.05, 3.63) is 100 Å². The van der Waals surface area contributed by atoms with E-state index in [2.05, 4.69) is 0 Å². The predicted octanol–water partition coefficient (Wildman–Crippen LogP) is 6.02. The van der Waals surface area contributed by atoms with Crippen molar-refractivity contribution in [1.29, 1.82) is 0 Å². The summed E-state index contributed by atoms with van der Waals surface area (Å²) in [5.41, 5.74) is 0.727. The maximum atomic E-state index is 12.3. The van der Waals surface area contributed by atoms with E-state index < -0.39 is 11.9 Å². The summed E-state index contributed by atoms with van der Waals surface area (Å²) >= 11 is 0. The van der Waals surface area contributed by atoms with Gasteiger partial charge in [0.15, 0.2) is 5.43 Å². The molecular formula is C29H16O7. The van der Waals surface area contributed by atoms with Crippen molar-refractivity contribution in [2.24, 2.45) is 0 Å². The van der Waals surface area contributed by atoms with Crippen molar-refractivity contribution in [2.75, 3.05) is 0 Å². The third-order valence-electron chi connectivity index (χ3n) is 6.41. The van der Waals surface area contributed by atoms with Gasteiger partial charge in [-0.3, -0.25) is 4.79 Å². The van der Waals surface area contributed by atoms with Crippen LogP contribution < -0.4 is 5.43 Å². The van der Waals surface area contributed by atoms with Crippen LogP contribution in [0.4, 0.5) is 0 Å². The van der Waals surface area contributed by atoms with Crippen LogP contribution in [0.3, 0.4) is 0 Å². The lowest BCUT2D eigenvalue weighted by Gasteiger charge is -2.17. The highest BCUT2D eigenvalue weighted by atomic mass is 16.4. The van der Waals surface area contributed by atoms with Gasteiger partial charge < -0.3 is 19.7 Å². The van der Waals surface area contributed by atoms with Gasteiger partial charge in [-0.1, -0.05) is 18.2 Å². The molecule has 0 fully saturated rings. The molecule has 3 N–H and O–H groups in total. The SMILES string of the molecule is O=C(O)c1cccc(C(=O)O)c1-c1c2ccc3cc(O)ccc3c2oc2c1ccc1cc(=O)ccc12. The minimum absolute atomic E-state index is 0.0567. The molecule has 0 aliphatic heterocycles. The fourth-order valence-electron chi connectivity index (χ4n) is 4.88. The molecule has 36 heavy (non-hydrogen) atoms. The number of benzene rings is 5. The van der Waals surface area contributed by atoms with E-state index in [4.69, 9.17) is 4.42 Å². The molecule has 0 atom stereocenters. The molecule has 0 amide bonds. The Kier molecular flexibility index (Phi) is 4.56. The lowest BCUT2D eigenvalue weighted by Crippen LogP contribution is -2.07. The zero-order chi connectivity index (χ0) is 25.1. The Morgan fingerprint density at radius 1 is 0.611 bits per heavy atom. The van der Waals surface area contributed by atoms with Crippen molar-refractivity contribution in [1.82, 2.24) is 0 Å². The molecule has 174 valence electrons. The number of carboxylic acids is 2. The number of hydrogen-bond acceptors (Lipinski definition) is 5. The van der Waals surface area contributed by atoms with Gasteiger partial charge in [0.1, 0.15) is 16.9 Å². The molecular weight excluding hydrogens is 460 g/mol. The van der Waals surface area contributed by atoms with Crippen molar-refractivity contribution < 1.29 is 29.3 Å². The zero-order valence-electron chi connectivity index (χ0n) is 18.5. The van der Waals surface area contributed by atoms with Crippen LogP contribution in [0.1, 0.15) is 20.7 Å². The van der Waals surface area contributed by atoms with Gasteiger partial charge in [0.2, 0.25) is 0 Å². The Morgan fingerprint density at radius 3 is 1.72 bits per heavy atom. The maximum Gasteiger partial charge on any atom is 0.336 e. The zero-order valence-corrected chi connectivity index (χ0v) is 18.5. The summed E-state index contributed by atoms with van der Waals surface area (Å²) in [6, 6.07) is 20.4. The van der Waals surface area contributed by atoms with Crippen LogP contribution >= 0.6 is 0 Å². The number of aromatic carboxylic acids is 2. The van der Waals surface area contributed by atoms with Gasteiger partial charge in [-0.05, 0) is 71.4 Å². The number of phenolic OH excluding ortho intramolecular Hbond substituents is 1. The molecule has 0 spiro atoms. The Bertz CT molecular complexity index is 1950. The average molecular weight is 476 g/mol. The molecule has 7 nitrogen and oxygen atoms in total. The lowest BCUT2D eigenvalue weighted by molar-refractivity contribution is 0.0696. The standard InChI is InChI=1S/C29H16O7/c30-16-6-10-18-14(12-16)4-8-20-24(25-22(28(32)33)2-1-3-23(25)29(34)35)21-9-5-15-13-17(31)7-11-19(15)27(21)36-26(18)20/h1-13,30H,(H,32,33)(H,34,35). The van der Waals surface area contributed by atoms with Gasteiger partial charge in [0, 0.05) is 32.7 Å². The molecule has 1 heterocycles. The summed E-state index contributed by atoms with van der Waals surface area (Å²) in [7, 11) is 0. The Labute approximate surface area is 202 Å². The molecule has 0 bridgehead atoms. The third kappa shape index (κ3) is 3.10. The molecule has 0 radical (unpaired) electrons. The average Bonchev–Trinajstić information content (AvgIpc) is 2.86. The van der Waals surface area contributed by atoms with Gasteiger partial charge in [-0.25, -0.2) is 9.59 Å². The predicted molar refractivity (Wildman–Crippen MR) is 136 cm³/mol. The van der Waals surface area contributed by atoms with E-state index in [1.807, 2.05) is 0 Å². The Balaban J connectivity index is 1.93. The third-order valence-corrected chi connectivity index (χ3v) is 6.41. The summed E-state index contributed by atoms with van der Waals surface area (Å²) in [5.74, 6) is -2.46. The van der Waals surface area contributed by atoms with Crippen LogP contribution in [-0.2, 0) is 0 Å². The summed E-state index contributed by atoms with van der Waals surface area (Å²) in [5, 5.41) is 33.6. The van der Waals surface area contributed by atoms with E-state index in [1.165, 1.54) is 36.4 Å². The van der Waals surface area contributed by atoms with Gasteiger partial charge >= 0.3 is 11.9 Å². The van der Waals surface area contributed by atoms with Crippen molar-refractivity contribution in [2.45, 2.75) is 0 Å². The van der Waals surface area contributed by atoms with E-state index in [-0.39, 0.29) is 27.9 Å². The highest BCUT2D eigenvalue weighted by molar-refractivity contribution is 6.22. The monoisotopic (exact) mass is 476 g/mol. The number of carbonyl (C=O) groups is 2. The van der Waals surface area contributed by atoms with E-state index in [9.17, 15) is 29.7 Å². The summed E-state index contributed by atoms with van der Waals surface area (Å²) in [6.45, 7) is 0. The second-order valence-corrected chi connectivity index (χ2v) is 8.49. The molecule has 1 aromatic heterocycles. The van der Waals surface area contributed by atoms with Gasteiger partial charge in [-0.2, -0.15) is 0 Å². The first-order chi connectivity index (χ1) is 17.3. The molecule has 0 aliphatic carbocycles. The normalized spacial score (nSPS) is 11.4. The van der Waals surface area contributed by atoms with Crippen molar-refractivity contribution in [3.63, 3.8) is 0 Å². The quantitative estimate of drug-likeness (QED) is 0.211. The molecule has 0 aliphatic rings. The fourth-order valence-corrected chi connectivity index (χ4v) is 4.88. The number of fused-ring (bicyclic) bond motifs is 6. The summed E-state index contributed by atoms with van der Waals surface area (Å²) in [4.78, 5) is 36.5. The molecule has 0 unspecified atom stereocenters. The maximum absolute atomic E-state index is 12.3. The number of aromatic hydroxyl groups is 1. The lowest BCUT2D eigenvalue weighted by atomic mass is 9.88. The smallest absolute Gasteiger partial charge is 0.336 e. The molecule has 7 heteroatoms. The largest absolute Gasteiger partial charge is 0.508 e. The molecule has 5 aromatic carbocycles. The van der Waals surface area contributed by atoms with Crippen LogP contribution in [0.5, 0.6) is 5.75 Å². The van der Waals surface area contributed by atoms with Crippen LogP contribution in [0, 0.1) is 0 Å². The highest BCUT2D eigenvalue weighted by Crippen LogP contribution is 2.44. The Morgan fingerprint density at radius 2 is 1.14 bits per heavy atom. The summed E-state index contributed by atoms with van der Waals surface area (Å²) in [6.07, 6.45) is 0. The Hall–Kier alpha value is -5.17. The van der Waals surface area contributed by atoms with Crippen LogP contribution in [0.25, 0.3) is 54.6 Å².